The fourth-order valence-electron chi connectivity index (χ4n) is 4.02. The van der Waals surface area contributed by atoms with Crippen molar-refractivity contribution in [3.05, 3.63) is 71.3 Å². The lowest BCUT2D eigenvalue weighted by Crippen LogP contribution is -2.51. The van der Waals surface area contributed by atoms with Crippen molar-refractivity contribution in [1.29, 1.82) is 0 Å². The molecular formula is C21H23NO. The molecule has 2 heteroatoms. The first-order chi connectivity index (χ1) is 11.0. The summed E-state index contributed by atoms with van der Waals surface area (Å²) in [4.78, 5) is 2.42. The van der Waals surface area contributed by atoms with E-state index in [0.717, 1.165) is 13.2 Å². The number of hydrogen-bond donors (Lipinski definition) is 0. The van der Waals surface area contributed by atoms with Crippen LogP contribution < -0.4 is 4.90 Å². The molecule has 0 saturated carbocycles. The van der Waals surface area contributed by atoms with Gasteiger partial charge in [0.2, 0.25) is 0 Å². The van der Waals surface area contributed by atoms with Crippen LogP contribution in [0.5, 0.6) is 0 Å². The number of aryl methyl sites for hydroxylation is 1. The van der Waals surface area contributed by atoms with Crippen molar-refractivity contribution >= 4 is 11.8 Å². The van der Waals surface area contributed by atoms with E-state index in [0.29, 0.717) is 0 Å². The van der Waals surface area contributed by atoms with Crippen LogP contribution in [0, 0.1) is 6.92 Å². The summed E-state index contributed by atoms with van der Waals surface area (Å²) in [5, 5.41) is 0. The number of rotatable bonds is 2. The van der Waals surface area contributed by atoms with Crippen molar-refractivity contribution in [2.75, 3.05) is 18.1 Å². The molecule has 2 heterocycles. The van der Waals surface area contributed by atoms with Gasteiger partial charge in [0, 0.05) is 17.6 Å². The van der Waals surface area contributed by atoms with Crippen LogP contribution in [0.4, 0.5) is 5.69 Å². The Labute approximate surface area is 138 Å². The van der Waals surface area contributed by atoms with Gasteiger partial charge in [0.05, 0.1) is 6.61 Å². The van der Waals surface area contributed by atoms with Crippen molar-refractivity contribution in [2.24, 2.45) is 0 Å². The van der Waals surface area contributed by atoms with Crippen LogP contribution in [0.15, 0.2) is 54.6 Å². The molecule has 0 spiro atoms. The standard InChI is InChI=1S/C21H23NO/c1-16-8-10-17(11-9-16)12-13-21-20(2,3)18-6-4-5-7-19(18)22(21)14-15-23-21/h4-13H,14-15H2,1-3H3/b13-12+. The zero-order valence-corrected chi connectivity index (χ0v) is 14.0. The Kier molecular flexibility index (Phi) is 3.14. The van der Waals surface area contributed by atoms with Crippen LogP contribution in [0.25, 0.3) is 6.08 Å². The van der Waals surface area contributed by atoms with Crippen molar-refractivity contribution in [1.82, 2.24) is 0 Å². The second-order valence-corrected chi connectivity index (χ2v) is 7.08. The minimum Gasteiger partial charge on any atom is -0.349 e. The Hall–Kier alpha value is -2.06. The Morgan fingerprint density at radius 3 is 2.57 bits per heavy atom. The summed E-state index contributed by atoms with van der Waals surface area (Å²) in [6.07, 6.45) is 4.45. The average molecular weight is 305 g/mol. The van der Waals surface area contributed by atoms with Crippen molar-refractivity contribution in [3.8, 4) is 0 Å². The van der Waals surface area contributed by atoms with E-state index in [2.05, 4.69) is 86.4 Å². The fourth-order valence-corrected chi connectivity index (χ4v) is 4.02. The summed E-state index contributed by atoms with van der Waals surface area (Å²) in [5.74, 6) is 0. The zero-order valence-electron chi connectivity index (χ0n) is 14.0. The summed E-state index contributed by atoms with van der Waals surface area (Å²) in [7, 11) is 0. The highest BCUT2D eigenvalue weighted by Crippen LogP contribution is 2.54. The lowest BCUT2D eigenvalue weighted by Gasteiger charge is -2.39. The minimum atomic E-state index is -0.387. The SMILES string of the molecule is Cc1ccc(/C=C/C23OCCN2c2ccccc2C3(C)C)cc1. The maximum absolute atomic E-state index is 6.35. The predicted octanol–water partition coefficient (Wildman–Crippen LogP) is 4.53. The third-order valence-corrected chi connectivity index (χ3v) is 5.38. The van der Waals surface area contributed by atoms with Crippen LogP contribution in [-0.4, -0.2) is 18.9 Å². The molecule has 0 amide bonds. The molecule has 1 fully saturated rings. The van der Waals surface area contributed by atoms with E-state index in [9.17, 15) is 0 Å². The average Bonchev–Trinajstić information content (AvgIpc) is 3.06. The Balaban J connectivity index is 1.78. The van der Waals surface area contributed by atoms with Crippen molar-refractivity contribution in [3.63, 3.8) is 0 Å². The third-order valence-electron chi connectivity index (χ3n) is 5.38. The number of fused-ring (bicyclic) bond motifs is 3. The third kappa shape index (κ3) is 1.98. The van der Waals surface area contributed by atoms with Gasteiger partial charge >= 0.3 is 0 Å². The van der Waals surface area contributed by atoms with Gasteiger partial charge in [-0.2, -0.15) is 0 Å². The second-order valence-electron chi connectivity index (χ2n) is 7.08. The molecule has 2 aliphatic rings. The quantitative estimate of drug-likeness (QED) is 0.808. The van der Waals surface area contributed by atoms with Crippen LogP contribution in [-0.2, 0) is 10.2 Å². The number of ether oxygens (including phenoxy) is 1. The first kappa shape index (κ1) is 14.5. The summed E-state index contributed by atoms with van der Waals surface area (Å²) in [6.45, 7) is 8.41. The lowest BCUT2D eigenvalue weighted by atomic mass is 9.77. The summed E-state index contributed by atoms with van der Waals surface area (Å²) in [5.41, 5.74) is 4.71. The molecular weight excluding hydrogens is 282 g/mol. The van der Waals surface area contributed by atoms with Gasteiger partial charge in [0.25, 0.3) is 0 Å². The summed E-state index contributed by atoms with van der Waals surface area (Å²) in [6, 6.07) is 17.3. The normalized spacial score (nSPS) is 24.9. The van der Waals surface area contributed by atoms with E-state index in [1.165, 1.54) is 22.4 Å². The largest absolute Gasteiger partial charge is 0.349 e. The van der Waals surface area contributed by atoms with E-state index in [1.54, 1.807) is 0 Å². The molecule has 1 saturated heterocycles. The Morgan fingerprint density at radius 1 is 1.04 bits per heavy atom. The lowest BCUT2D eigenvalue weighted by molar-refractivity contribution is 0.000337. The van der Waals surface area contributed by atoms with E-state index in [1.807, 2.05) is 0 Å². The number of anilines is 1. The number of nitrogens with zero attached hydrogens (tertiary/aromatic N) is 1. The van der Waals surface area contributed by atoms with Gasteiger partial charge in [-0.15, -0.1) is 0 Å². The topological polar surface area (TPSA) is 12.5 Å². The highest BCUT2D eigenvalue weighted by molar-refractivity contribution is 5.69. The molecule has 0 bridgehead atoms. The predicted molar refractivity (Wildman–Crippen MR) is 95.7 cm³/mol. The molecule has 2 nitrogen and oxygen atoms in total. The molecule has 4 rings (SSSR count). The van der Waals surface area contributed by atoms with E-state index in [-0.39, 0.29) is 11.1 Å². The van der Waals surface area contributed by atoms with Crippen LogP contribution >= 0.6 is 0 Å². The molecule has 1 atom stereocenters. The maximum atomic E-state index is 6.35. The van der Waals surface area contributed by atoms with Gasteiger partial charge in [-0.3, -0.25) is 0 Å². The molecule has 0 radical (unpaired) electrons. The monoisotopic (exact) mass is 305 g/mol. The van der Waals surface area contributed by atoms with E-state index in [4.69, 9.17) is 4.74 Å². The second kappa shape index (κ2) is 4.97. The summed E-state index contributed by atoms with van der Waals surface area (Å²) < 4.78 is 6.35. The van der Waals surface area contributed by atoms with Gasteiger partial charge < -0.3 is 9.64 Å². The Bertz CT molecular complexity index is 760. The van der Waals surface area contributed by atoms with Gasteiger partial charge in [-0.05, 0) is 30.2 Å². The fraction of sp³-hybridized carbons (Fsp3) is 0.333. The molecule has 23 heavy (non-hydrogen) atoms. The zero-order chi connectivity index (χ0) is 16.1. The highest BCUT2D eigenvalue weighted by Gasteiger charge is 2.58. The maximum Gasteiger partial charge on any atom is 0.170 e. The smallest absolute Gasteiger partial charge is 0.170 e. The summed E-state index contributed by atoms with van der Waals surface area (Å²) >= 11 is 0. The molecule has 2 aromatic carbocycles. The first-order valence-electron chi connectivity index (χ1n) is 8.32. The minimum absolute atomic E-state index is 0.0821. The van der Waals surface area contributed by atoms with Crippen molar-refractivity contribution < 1.29 is 4.74 Å². The van der Waals surface area contributed by atoms with Gasteiger partial charge in [-0.1, -0.05) is 68.0 Å². The molecule has 2 aromatic rings. The van der Waals surface area contributed by atoms with Crippen LogP contribution in [0.1, 0.15) is 30.5 Å². The van der Waals surface area contributed by atoms with Gasteiger partial charge in [0.1, 0.15) is 0 Å². The van der Waals surface area contributed by atoms with E-state index >= 15 is 0 Å². The molecule has 0 N–H and O–H groups in total. The van der Waals surface area contributed by atoms with Gasteiger partial charge in [-0.25, -0.2) is 0 Å². The molecule has 2 aliphatic heterocycles. The highest BCUT2D eigenvalue weighted by atomic mass is 16.5. The first-order valence-corrected chi connectivity index (χ1v) is 8.32. The number of benzene rings is 2. The van der Waals surface area contributed by atoms with Gasteiger partial charge in [0.15, 0.2) is 5.72 Å². The number of hydrogen-bond acceptors (Lipinski definition) is 2. The van der Waals surface area contributed by atoms with Crippen LogP contribution in [0.3, 0.4) is 0 Å². The molecule has 0 aliphatic carbocycles. The van der Waals surface area contributed by atoms with Crippen LogP contribution in [0.2, 0.25) is 0 Å². The number of para-hydroxylation sites is 1. The van der Waals surface area contributed by atoms with E-state index < -0.39 is 0 Å². The Morgan fingerprint density at radius 2 is 1.78 bits per heavy atom. The molecule has 0 aromatic heterocycles. The molecule has 118 valence electrons. The van der Waals surface area contributed by atoms with Crippen molar-refractivity contribution in [2.45, 2.75) is 31.9 Å². The molecule has 1 unspecified atom stereocenters.